The maximum atomic E-state index is 13.6. The summed E-state index contributed by atoms with van der Waals surface area (Å²) in [5.41, 5.74) is 2.58. The third-order valence-corrected chi connectivity index (χ3v) is 4.25. The molecule has 2 atom stereocenters. The maximum absolute atomic E-state index is 13.6. The Bertz CT molecular complexity index is 589. The average Bonchev–Trinajstić information content (AvgIpc) is 2.35. The summed E-state index contributed by atoms with van der Waals surface area (Å²) < 4.78 is 27.2. The molecule has 0 saturated heterocycles. The van der Waals surface area contributed by atoms with Crippen LogP contribution >= 0.6 is 11.6 Å². The zero-order chi connectivity index (χ0) is 13.4. The van der Waals surface area contributed by atoms with E-state index in [0.29, 0.717) is 0 Å². The van der Waals surface area contributed by atoms with Gasteiger partial charge in [0.25, 0.3) is 0 Å². The summed E-state index contributed by atoms with van der Waals surface area (Å²) in [4.78, 5) is 0. The van der Waals surface area contributed by atoms with Gasteiger partial charge in [-0.15, -0.1) is 11.6 Å². The van der Waals surface area contributed by atoms with Crippen LogP contribution in [-0.2, 0) is 12.8 Å². The number of rotatable bonds is 3. The summed E-state index contributed by atoms with van der Waals surface area (Å²) in [6.07, 6.45) is 1.11. The summed E-state index contributed by atoms with van der Waals surface area (Å²) in [5, 5.41) is -0.277. The van der Waals surface area contributed by atoms with Gasteiger partial charge in [-0.3, -0.25) is 0 Å². The molecule has 0 aliphatic heterocycles. The second-order valence-electron chi connectivity index (χ2n) is 4.93. The normalized spacial score (nSPS) is 18.6. The molecule has 0 spiro atoms. The van der Waals surface area contributed by atoms with Crippen LogP contribution in [0.3, 0.4) is 0 Å². The molecule has 0 heterocycles. The van der Waals surface area contributed by atoms with E-state index in [1.807, 2.05) is 18.2 Å². The van der Waals surface area contributed by atoms with Crippen molar-refractivity contribution in [3.05, 3.63) is 70.8 Å². The molecule has 2 aromatic carbocycles. The van der Waals surface area contributed by atoms with Crippen molar-refractivity contribution in [2.45, 2.75) is 24.1 Å². The highest BCUT2D eigenvalue weighted by Gasteiger charge is 2.32. The van der Waals surface area contributed by atoms with Crippen molar-refractivity contribution >= 4 is 11.6 Å². The van der Waals surface area contributed by atoms with E-state index in [1.165, 1.54) is 29.3 Å². The van der Waals surface area contributed by atoms with E-state index in [4.69, 9.17) is 11.6 Å². The lowest BCUT2D eigenvalue weighted by atomic mass is 9.74. The third kappa shape index (κ3) is 2.25. The molecule has 0 fully saturated rings. The van der Waals surface area contributed by atoms with Crippen LogP contribution in [0.1, 0.15) is 22.6 Å². The molecule has 0 N–H and O–H groups in total. The molecule has 19 heavy (non-hydrogen) atoms. The van der Waals surface area contributed by atoms with Crippen LogP contribution < -0.4 is 0 Å². The smallest absolute Gasteiger partial charge is 0.129 e. The molecule has 3 heteroatoms. The average molecular weight is 279 g/mol. The number of hydrogen-bond donors (Lipinski definition) is 0. The molecule has 2 unspecified atom stereocenters. The van der Waals surface area contributed by atoms with Crippen LogP contribution in [0.2, 0.25) is 0 Å². The van der Waals surface area contributed by atoms with E-state index in [2.05, 4.69) is 6.07 Å². The number of benzene rings is 2. The second-order valence-corrected chi connectivity index (χ2v) is 5.49. The lowest BCUT2D eigenvalue weighted by Gasteiger charge is -2.33. The zero-order valence-electron chi connectivity index (χ0n) is 10.2. The Labute approximate surface area is 116 Å². The van der Waals surface area contributed by atoms with Gasteiger partial charge in [-0.05, 0) is 36.1 Å². The summed E-state index contributed by atoms with van der Waals surface area (Å²) in [6.45, 7) is 0. The van der Waals surface area contributed by atoms with E-state index >= 15 is 0 Å². The zero-order valence-corrected chi connectivity index (χ0v) is 11.0. The predicted molar refractivity (Wildman–Crippen MR) is 72.6 cm³/mol. The lowest BCUT2D eigenvalue weighted by Crippen LogP contribution is -2.27. The topological polar surface area (TPSA) is 0 Å². The van der Waals surface area contributed by atoms with Crippen molar-refractivity contribution in [1.82, 2.24) is 0 Å². The van der Waals surface area contributed by atoms with E-state index in [0.717, 1.165) is 6.42 Å². The van der Waals surface area contributed by atoms with Gasteiger partial charge in [0.15, 0.2) is 0 Å². The number of hydrogen-bond acceptors (Lipinski definition) is 0. The van der Waals surface area contributed by atoms with Gasteiger partial charge in [0, 0.05) is 16.9 Å². The molecular formula is C16H13ClF2. The highest BCUT2D eigenvalue weighted by molar-refractivity contribution is 6.21. The molecule has 98 valence electrons. The summed E-state index contributed by atoms with van der Waals surface area (Å²) in [7, 11) is 0. The van der Waals surface area contributed by atoms with Crippen molar-refractivity contribution in [2.24, 2.45) is 0 Å². The highest BCUT2D eigenvalue weighted by atomic mass is 35.5. The molecule has 0 aromatic heterocycles. The fourth-order valence-electron chi connectivity index (χ4n) is 2.68. The van der Waals surface area contributed by atoms with Gasteiger partial charge >= 0.3 is 0 Å². The molecule has 3 rings (SSSR count). The second kappa shape index (κ2) is 4.93. The lowest BCUT2D eigenvalue weighted by molar-refractivity contribution is 0.519. The third-order valence-electron chi connectivity index (χ3n) is 3.79. The van der Waals surface area contributed by atoms with Crippen molar-refractivity contribution in [3.8, 4) is 0 Å². The van der Waals surface area contributed by atoms with E-state index in [9.17, 15) is 8.78 Å². The maximum Gasteiger partial charge on any atom is 0.129 e. The first-order valence-electron chi connectivity index (χ1n) is 6.31. The standard InChI is InChI=1S/C16H13ClF2/c17-14(9-13-15(18)6-3-7-16(13)19)12-8-10-4-1-2-5-11(10)12/h1-7,12,14H,8-9H2. The first-order valence-corrected chi connectivity index (χ1v) is 6.75. The SMILES string of the molecule is Fc1cccc(F)c1CC(Cl)C1Cc2ccccc21. The van der Waals surface area contributed by atoms with Gasteiger partial charge in [0.05, 0.1) is 0 Å². The monoisotopic (exact) mass is 278 g/mol. The Kier molecular flexibility index (Phi) is 3.28. The first-order chi connectivity index (χ1) is 9.16. The molecular weight excluding hydrogens is 266 g/mol. The minimum absolute atomic E-state index is 0.0897. The summed E-state index contributed by atoms with van der Waals surface area (Å²) >= 11 is 6.36. The van der Waals surface area contributed by atoms with Gasteiger partial charge in [-0.25, -0.2) is 8.78 Å². The Balaban J connectivity index is 1.79. The van der Waals surface area contributed by atoms with Crippen LogP contribution in [0.15, 0.2) is 42.5 Å². The van der Waals surface area contributed by atoms with Crippen molar-refractivity contribution in [1.29, 1.82) is 0 Å². The minimum Gasteiger partial charge on any atom is -0.207 e. The molecule has 0 amide bonds. The Morgan fingerprint density at radius 3 is 2.42 bits per heavy atom. The van der Waals surface area contributed by atoms with Crippen molar-refractivity contribution < 1.29 is 8.78 Å². The Morgan fingerprint density at radius 2 is 1.74 bits per heavy atom. The van der Waals surface area contributed by atoms with E-state index in [-0.39, 0.29) is 23.3 Å². The van der Waals surface area contributed by atoms with Crippen molar-refractivity contribution in [3.63, 3.8) is 0 Å². The molecule has 1 aliphatic rings. The van der Waals surface area contributed by atoms with Crippen LogP contribution in [-0.4, -0.2) is 5.38 Å². The molecule has 0 saturated carbocycles. The van der Waals surface area contributed by atoms with E-state index < -0.39 is 11.6 Å². The molecule has 0 radical (unpaired) electrons. The number of fused-ring (bicyclic) bond motifs is 1. The minimum atomic E-state index is -0.516. The molecule has 2 aromatic rings. The van der Waals surface area contributed by atoms with E-state index in [1.54, 1.807) is 0 Å². The van der Waals surface area contributed by atoms with Gasteiger partial charge in [-0.1, -0.05) is 30.3 Å². The predicted octanol–water partition coefficient (Wildman–Crippen LogP) is 4.45. The van der Waals surface area contributed by atoms with Crippen LogP contribution in [0.4, 0.5) is 8.78 Å². The largest absolute Gasteiger partial charge is 0.207 e. The fourth-order valence-corrected chi connectivity index (χ4v) is 3.06. The van der Waals surface area contributed by atoms with Crippen LogP contribution in [0.5, 0.6) is 0 Å². The summed E-state index contributed by atoms with van der Waals surface area (Å²) in [5.74, 6) is -0.839. The fraction of sp³-hybridized carbons (Fsp3) is 0.250. The number of halogens is 3. The number of alkyl halides is 1. The van der Waals surface area contributed by atoms with Gasteiger partial charge in [0.2, 0.25) is 0 Å². The first kappa shape index (κ1) is 12.6. The van der Waals surface area contributed by atoms with Gasteiger partial charge in [-0.2, -0.15) is 0 Å². The van der Waals surface area contributed by atoms with Crippen LogP contribution in [0.25, 0.3) is 0 Å². The van der Waals surface area contributed by atoms with Crippen LogP contribution in [0, 0.1) is 11.6 Å². The Morgan fingerprint density at radius 1 is 1.05 bits per heavy atom. The molecule has 0 bridgehead atoms. The van der Waals surface area contributed by atoms with Gasteiger partial charge < -0.3 is 0 Å². The quantitative estimate of drug-likeness (QED) is 0.728. The summed E-state index contributed by atoms with van der Waals surface area (Å²) in [6, 6.07) is 12.0. The highest BCUT2D eigenvalue weighted by Crippen LogP contribution is 2.40. The van der Waals surface area contributed by atoms with Gasteiger partial charge in [0.1, 0.15) is 11.6 Å². The Hall–Kier alpha value is -1.41. The van der Waals surface area contributed by atoms with Crippen molar-refractivity contribution in [2.75, 3.05) is 0 Å². The molecule has 1 aliphatic carbocycles. The molecule has 0 nitrogen and oxygen atoms in total.